The number of phenols is 1. The number of aliphatic hydroxyl groups excluding tert-OH is 2. The van der Waals surface area contributed by atoms with Crippen molar-refractivity contribution in [3.05, 3.63) is 29.8 Å². The van der Waals surface area contributed by atoms with Crippen molar-refractivity contribution < 1.29 is 15.3 Å². The summed E-state index contributed by atoms with van der Waals surface area (Å²) < 4.78 is 0. The van der Waals surface area contributed by atoms with E-state index in [0.29, 0.717) is 12.1 Å². The average Bonchev–Trinajstić information content (AvgIpc) is 2.26. The van der Waals surface area contributed by atoms with Gasteiger partial charge in [-0.2, -0.15) is 0 Å². The smallest absolute Gasteiger partial charge is 0.115 e. The molecule has 0 aliphatic rings. The number of aliphatic hydroxyl groups is 2. The molecule has 0 aliphatic carbocycles. The molecule has 0 aliphatic heterocycles. The highest BCUT2D eigenvalue weighted by atomic mass is 16.3. The van der Waals surface area contributed by atoms with Gasteiger partial charge in [-0.25, -0.2) is 0 Å². The van der Waals surface area contributed by atoms with Crippen LogP contribution < -0.4 is 11.1 Å². The maximum atomic E-state index is 9.76. The Morgan fingerprint density at radius 2 is 1.87 bits per heavy atom. The summed E-state index contributed by atoms with van der Waals surface area (Å²) in [5, 5.41) is 30.1. The van der Waals surface area contributed by atoms with Crippen molar-refractivity contribution in [2.24, 2.45) is 5.73 Å². The van der Waals surface area contributed by atoms with Gasteiger partial charge in [-0.15, -0.1) is 0 Å². The van der Waals surface area contributed by atoms with Crippen molar-refractivity contribution in [3.63, 3.8) is 0 Å². The summed E-state index contributed by atoms with van der Waals surface area (Å²) in [6.45, 7) is 0.298. The van der Waals surface area contributed by atoms with Crippen molar-refractivity contribution in [2.75, 3.05) is 13.2 Å². The molecular formula is C10H16N2O3. The second-order valence-electron chi connectivity index (χ2n) is 3.24. The van der Waals surface area contributed by atoms with Crippen molar-refractivity contribution in [1.82, 2.24) is 5.32 Å². The van der Waals surface area contributed by atoms with E-state index in [1.807, 2.05) is 0 Å². The van der Waals surface area contributed by atoms with Gasteiger partial charge in [0.1, 0.15) is 11.9 Å². The number of nitrogens with one attached hydrogen (secondary N) is 1. The van der Waals surface area contributed by atoms with Gasteiger partial charge in [-0.3, -0.25) is 5.32 Å². The van der Waals surface area contributed by atoms with Gasteiger partial charge in [0, 0.05) is 6.54 Å². The number of hydrogen-bond acceptors (Lipinski definition) is 5. The Kier molecular flexibility index (Phi) is 4.51. The van der Waals surface area contributed by atoms with Crippen molar-refractivity contribution in [3.8, 4) is 5.75 Å². The Hall–Kier alpha value is -1.14. The number of rotatable bonds is 5. The quantitative estimate of drug-likeness (QED) is 0.415. The maximum Gasteiger partial charge on any atom is 0.115 e. The zero-order chi connectivity index (χ0) is 11.3. The monoisotopic (exact) mass is 212 g/mol. The van der Waals surface area contributed by atoms with Gasteiger partial charge in [0.2, 0.25) is 0 Å². The van der Waals surface area contributed by atoms with Gasteiger partial charge in [0.15, 0.2) is 0 Å². The Labute approximate surface area is 88.2 Å². The Morgan fingerprint density at radius 1 is 1.27 bits per heavy atom. The van der Waals surface area contributed by atoms with E-state index < -0.39 is 12.3 Å². The Bertz CT molecular complexity index is 289. The lowest BCUT2D eigenvalue weighted by Gasteiger charge is -2.20. The molecule has 0 aromatic heterocycles. The number of nitrogens with two attached hydrogens (primary N) is 1. The average molecular weight is 212 g/mol. The molecule has 0 heterocycles. The van der Waals surface area contributed by atoms with Crippen molar-refractivity contribution in [1.29, 1.82) is 0 Å². The van der Waals surface area contributed by atoms with Crippen LogP contribution in [0.5, 0.6) is 5.75 Å². The van der Waals surface area contributed by atoms with Crippen LogP contribution in [0.25, 0.3) is 0 Å². The van der Waals surface area contributed by atoms with E-state index in [0.717, 1.165) is 0 Å². The van der Waals surface area contributed by atoms with Gasteiger partial charge in [0.25, 0.3) is 0 Å². The molecule has 1 aromatic carbocycles. The summed E-state index contributed by atoms with van der Waals surface area (Å²) in [5.41, 5.74) is 6.26. The van der Waals surface area contributed by atoms with Crippen LogP contribution in [0.2, 0.25) is 0 Å². The molecule has 0 bridgehead atoms. The third-order valence-corrected chi connectivity index (χ3v) is 2.07. The second-order valence-corrected chi connectivity index (χ2v) is 3.24. The maximum absolute atomic E-state index is 9.76. The first-order chi connectivity index (χ1) is 7.15. The number of benzene rings is 1. The van der Waals surface area contributed by atoms with Crippen molar-refractivity contribution in [2.45, 2.75) is 12.3 Å². The second kappa shape index (κ2) is 5.67. The van der Waals surface area contributed by atoms with Crippen LogP contribution in [-0.4, -0.2) is 34.6 Å². The fourth-order valence-electron chi connectivity index (χ4n) is 1.22. The Balaban J connectivity index is 2.59. The molecule has 15 heavy (non-hydrogen) atoms. The molecule has 5 heteroatoms. The molecule has 0 fully saturated rings. The summed E-state index contributed by atoms with van der Waals surface area (Å²) in [4.78, 5) is 0. The topological polar surface area (TPSA) is 98.7 Å². The fraction of sp³-hybridized carbons (Fsp3) is 0.400. The highest BCUT2D eigenvalue weighted by Crippen LogP contribution is 2.17. The number of aromatic hydroxyl groups is 1. The van der Waals surface area contributed by atoms with Gasteiger partial charge < -0.3 is 21.1 Å². The molecule has 6 N–H and O–H groups in total. The predicted molar refractivity (Wildman–Crippen MR) is 56.1 cm³/mol. The molecule has 0 saturated carbocycles. The van der Waals surface area contributed by atoms with Crippen LogP contribution >= 0.6 is 0 Å². The normalized spacial score (nSPS) is 14.9. The molecule has 2 atom stereocenters. The molecule has 0 spiro atoms. The molecule has 0 saturated heterocycles. The molecule has 2 unspecified atom stereocenters. The van der Waals surface area contributed by atoms with Gasteiger partial charge in [-0.1, -0.05) is 12.1 Å². The van der Waals surface area contributed by atoms with E-state index in [9.17, 15) is 5.11 Å². The Morgan fingerprint density at radius 3 is 2.40 bits per heavy atom. The largest absolute Gasteiger partial charge is 0.508 e. The first-order valence-corrected chi connectivity index (χ1v) is 4.72. The molecule has 5 nitrogen and oxygen atoms in total. The van der Waals surface area contributed by atoms with Crippen molar-refractivity contribution >= 4 is 0 Å². The third-order valence-electron chi connectivity index (χ3n) is 2.07. The molecule has 1 rings (SSSR count). The highest BCUT2D eigenvalue weighted by Gasteiger charge is 2.15. The van der Waals surface area contributed by atoms with Crippen LogP contribution in [0.1, 0.15) is 11.7 Å². The molecular weight excluding hydrogens is 196 g/mol. The van der Waals surface area contributed by atoms with Crippen LogP contribution in [0.15, 0.2) is 24.3 Å². The summed E-state index contributed by atoms with van der Waals surface area (Å²) in [6.07, 6.45) is -1.50. The summed E-state index contributed by atoms with van der Waals surface area (Å²) in [6, 6.07) is 6.16. The van der Waals surface area contributed by atoms with Crippen LogP contribution in [0.3, 0.4) is 0 Å². The van der Waals surface area contributed by atoms with E-state index in [1.54, 1.807) is 12.1 Å². The van der Waals surface area contributed by atoms with E-state index >= 15 is 0 Å². The molecule has 0 amide bonds. The van der Waals surface area contributed by atoms with Gasteiger partial charge in [-0.05, 0) is 17.7 Å². The zero-order valence-corrected chi connectivity index (χ0v) is 8.30. The summed E-state index contributed by atoms with van der Waals surface area (Å²) in [7, 11) is 0. The first kappa shape index (κ1) is 11.9. The predicted octanol–water partition coefficient (Wildman–Crippen LogP) is -0.708. The van der Waals surface area contributed by atoms with E-state index in [-0.39, 0.29) is 12.4 Å². The van der Waals surface area contributed by atoms with E-state index in [1.165, 1.54) is 12.1 Å². The first-order valence-electron chi connectivity index (χ1n) is 4.72. The minimum atomic E-state index is -0.864. The van der Waals surface area contributed by atoms with E-state index in [2.05, 4.69) is 5.32 Å². The lowest BCUT2D eigenvalue weighted by molar-refractivity contribution is 0.127. The summed E-state index contributed by atoms with van der Waals surface area (Å²) >= 11 is 0. The highest BCUT2D eigenvalue weighted by molar-refractivity contribution is 5.27. The molecule has 84 valence electrons. The minimum absolute atomic E-state index is 0.0317. The third kappa shape index (κ3) is 3.49. The van der Waals surface area contributed by atoms with Crippen LogP contribution in [0, 0.1) is 0 Å². The lowest BCUT2D eigenvalue weighted by Crippen LogP contribution is -2.43. The zero-order valence-electron chi connectivity index (χ0n) is 8.30. The minimum Gasteiger partial charge on any atom is -0.508 e. The summed E-state index contributed by atoms with van der Waals surface area (Å²) in [5.74, 6) is 0.142. The fourth-order valence-corrected chi connectivity index (χ4v) is 1.22. The number of phenolic OH excluding ortho intramolecular Hbond substituents is 1. The van der Waals surface area contributed by atoms with E-state index in [4.69, 9.17) is 15.9 Å². The standard InChI is InChI=1S/C10H16N2O3/c11-10(12-5-6-13)9(15)7-1-3-8(14)4-2-7/h1-4,9-10,12-15H,5-6,11H2. The van der Waals surface area contributed by atoms with Crippen LogP contribution in [-0.2, 0) is 0 Å². The van der Waals surface area contributed by atoms with Gasteiger partial charge in [0.05, 0.1) is 12.8 Å². The molecule has 0 radical (unpaired) electrons. The number of hydrogen-bond donors (Lipinski definition) is 5. The molecule has 1 aromatic rings. The SMILES string of the molecule is NC(NCCO)C(O)c1ccc(O)cc1. The lowest BCUT2D eigenvalue weighted by atomic mass is 10.1. The van der Waals surface area contributed by atoms with Gasteiger partial charge >= 0.3 is 0 Å². The van der Waals surface area contributed by atoms with Crippen LogP contribution in [0.4, 0.5) is 0 Å².